The molecule has 142 valence electrons. The SMILES string of the molecule is CC[C@@H](C)NC(=O)CSc1nnc([C@@H](C)[NH+](C)C)n1-c1ccc(F)cc1. The number of hydrogen-bond donors (Lipinski definition) is 2. The predicted octanol–water partition coefficient (Wildman–Crippen LogP) is 1.62. The molecule has 0 aliphatic carbocycles. The molecule has 2 atom stereocenters. The van der Waals surface area contributed by atoms with E-state index in [1.807, 2.05) is 32.5 Å². The first-order valence-corrected chi connectivity index (χ1v) is 9.75. The summed E-state index contributed by atoms with van der Waals surface area (Å²) in [5, 5.41) is 12.2. The number of hydrogen-bond acceptors (Lipinski definition) is 4. The van der Waals surface area contributed by atoms with Gasteiger partial charge in [0.25, 0.3) is 0 Å². The van der Waals surface area contributed by atoms with Gasteiger partial charge in [0.05, 0.1) is 19.8 Å². The lowest BCUT2D eigenvalue weighted by molar-refractivity contribution is -0.890. The first-order chi connectivity index (χ1) is 12.3. The third kappa shape index (κ3) is 5.04. The molecule has 0 fully saturated rings. The van der Waals surface area contributed by atoms with Crippen molar-refractivity contribution in [3.63, 3.8) is 0 Å². The van der Waals surface area contributed by atoms with Crippen molar-refractivity contribution in [2.24, 2.45) is 0 Å². The highest BCUT2D eigenvalue weighted by Crippen LogP contribution is 2.24. The molecule has 0 saturated carbocycles. The second kappa shape index (κ2) is 9.14. The van der Waals surface area contributed by atoms with Crippen LogP contribution < -0.4 is 10.2 Å². The van der Waals surface area contributed by atoms with Crippen molar-refractivity contribution >= 4 is 17.7 Å². The molecule has 8 heteroatoms. The highest BCUT2D eigenvalue weighted by molar-refractivity contribution is 7.99. The van der Waals surface area contributed by atoms with Crippen LogP contribution in [-0.4, -0.2) is 46.6 Å². The van der Waals surface area contributed by atoms with Gasteiger partial charge in [-0.1, -0.05) is 18.7 Å². The van der Waals surface area contributed by atoms with E-state index in [-0.39, 0.29) is 29.6 Å². The molecule has 1 heterocycles. The zero-order valence-electron chi connectivity index (χ0n) is 15.9. The van der Waals surface area contributed by atoms with Gasteiger partial charge in [0.1, 0.15) is 11.9 Å². The van der Waals surface area contributed by atoms with Gasteiger partial charge in [-0.05, 0) is 44.5 Å². The van der Waals surface area contributed by atoms with Crippen LogP contribution in [0.1, 0.15) is 39.1 Å². The fourth-order valence-corrected chi connectivity index (χ4v) is 3.06. The van der Waals surface area contributed by atoms with Crippen LogP contribution in [0.4, 0.5) is 4.39 Å². The molecule has 0 bridgehead atoms. The van der Waals surface area contributed by atoms with E-state index in [9.17, 15) is 9.18 Å². The van der Waals surface area contributed by atoms with Crippen LogP contribution in [0.2, 0.25) is 0 Å². The Morgan fingerprint density at radius 2 is 1.92 bits per heavy atom. The molecule has 0 aliphatic rings. The molecule has 1 aromatic carbocycles. The Labute approximate surface area is 158 Å². The Kier molecular flexibility index (Phi) is 7.16. The third-order valence-corrected chi connectivity index (χ3v) is 5.28. The van der Waals surface area contributed by atoms with E-state index in [1.165, 1.54) is 28.8 Å². The van der Waals surface area contributed by atoms with Crippen molar-refractivity contribution < 1.29 is 14.1 Å². The summed E-state index contributed by atoms with van der Waals surface area (Å²) in [4.78, 5) is 13.3. The Balaban J connectivity index is 2.28. The third-order valence-electron chi connectivity index (χ3n) is 4.35. The van der Waals surface area contributed by atoms with E-state index in [1.54, 1.807) is 12.1 Å². The lowest BCUT2D eigenvalue weighted by Gasteiger charge is -2.18. The fourth-order valence-electron chi connectivity index (χ4n) is 2.29. The number of thioether (sulfide) groups is 1. The van der Waals surface area contributed by atoms with E-state index in [4.69, 9.17) is 0 Å². The van der Waals surface area contributed by atoms with Crippen molar-refractivity contribution in [3.05, 3.63) is 35.9 Å². The lowest BCUT2D eigenvalue weighted by Crippen LogP contribution is -3.05. The molecule has 2 N–H and O–H groups in total. The maximum absolute atomic E-state index is 13.3. The second-order valence-corrected chi connectivity index (χ2v) is 7.56. The number of amides is 1. The van der Waals surface area contributed by atoms with Crippen molar-refractivity contribution in [1.82, 2.24) is 20.1 Å². The number of halogens is 1. The van der Waals surface area contributed by atoms with Gasteiger partial charge in [-0.25, -0.2) is 4.39 Å². The van der Waals surface area contributed by atoms with Gasteiger partial charge in [-0.3, -0.25) is 9.36 Å². The van der Waals surface area contributed by atoms with Crippen LogP contribution in [0.3, 0.4) is 0 Å². The number of carbonyl (C=O) groups excluding carboxylic acids is 1. The van der Waals surface area contributed by atoms with Crippen LogP contribution in [0.15, 0.2) is 29.4 Å². The summed E-state index contributed by atoms with van der Waals surface area (Å²) in [5.41, 5.74) is 0.782. The lowest BCUT2D eigenvalue weighted by atomic mass is 10.2. The van der Waals surface area contributed by atoms with Crippen molar-refractivity contribution in [2.45, 2.75) is 44.4 Å². The number of nitrogens with one attached hydrogen (secondary N) is 2. The summed E-state index contributed by atoms with van der Waals surface area (Å²) in [6.07, 6.45) is 0.884. The largest absolute Gasteiger partial charge is 0.353 e. The van der Waals surface area contributed by atoms with E-state index >= 15 is 0 Å². The molecule has 1 aromatic heterocycles. The summed E-state index contributed by atoms with van der Waals surface area (Å²) in [6, 6.07) is 6.46. The van der Waals surface area contributed by atoms with E-state index < -0.39 is 0 Å². The molecule has 2 rings (SSSR count). The maximum atomic E-state index is 13.3. The van der Waals surface area contributed by atoms with Gasteiger partial charge in [-0.15, -0.1) is 10.2 Å². The van der Waals surface area contributed by atoms with Crippen molar-refractivity contribution in [1.29, 1.82) is 0 Å². The van der Waals surface area contributed by atoms with Gasteiger partial charge < -0.3 is 10.2 Å². The Morgan fingerprint density at radius 3 is 2.50 bits per heavy atom. The Morgan fingerprint density at radius 1 is 1.27 bits per heavy atom. The summed E-state index contributed by atoms with van der Waals surface area (Å²) < 4.78 is 15.2. The van der Waals surface area contributed by atoms with Crippen LogP contribution in [0.25, 0.3) is 5.69 Å². The van der Waals surface area contributed by atoms with E-state index in [0.29, 0.717) is 5.16 Å². The molecular weight excluding hydrogens is 353 g/mol. The Hall–Kier alpha value is -1.93. The van der Waals surface area contributed by atoms with Gasteiger partial charge in [0, 0.05) is 11.7 Å². The summed E-state index contributed by atoms with van der Waals surface area (Å²) >= 11 is 1.33. The number of quaternary nitrogens is 1. The standard InChI is InChI=1S/C18H26FN5OS/c1-6-12(2)20-16(25)11-26-18-22-21-17(13(3)23(4)5)24(18)15-9-7-14(19)8-10-15/h7-10,12-13H,6,11H2,1-5H3,(H,20,25)/p+1/t12-,13-/m1/s1. The molecule has 2 aromatic rings. The minimum absolute atomic E-state index is 0.0363. The number of benzene rings is 1. The van der Waals surface area contributed by atoms with Gasteiger partial charge in [0.15, 0.2) is 11.0 Å². The minimum atomic E-state index is -0.295. The number of carbonyl (C=O) groups is 1. The minimum Gasteiger partial charge on any atom is -0.353 e. The van der Waals surface area contributed by atoms with E-state index in [2.05, 4.69) is 22.4 Å². The first kappa shape index (κ1) is 20.4. The predicted molar refractivity (Wildman–Crippen MR) is 101 cm³/mol. The zero-order chi connectivity index (χ0) is 19.3. The van der Waals surface area contributed by atoms with Gasteiger partial charge in [0.2, 0.25) is 5.91 Å². The first-order valence-electron chi connectivity index (χ1n) is 8.76. The Bertz CT molecular complexity index is 732. The molecular formula is C18H27FN5OS+. The summed E-state index contributed by atoms with van der Waals surface area (Å²) in [7, 11) is 4.08. The molecule has 0 unspecified atom stereocenters. The van der Waals surface area contributed by atoms with Crippen molar-refractivity contribution in [3.8, 4) is 5.69 Å². The average Bonchev–Trinajstić information content (AvgIpc) is 3.03. The topological polar surface area (TPSA) is 64.2 Å². The highest BCUT2D eigenvalue weighted by Gasteiger charge is 2.24. The monoisotopic (exact) mass is 380 g/mol. The van der Waals surface area contributed by atoms with Crippen LogP contribution in [0.5, 0.6) is 0 Å². The molecule has 1 amide bonds. The summed E-state index contributed by atoms with van der Waals surface area (Å²) in [5.74, 6) is 0.705. The molecule has 6 nitrogen and oxygen atoms in total. The molecule has 0 aliphatic heterocycles. The molecule has 26 heavy (non-hydrogen) atoms. The average molecular weight is 381 g/mol. The second-order valence-electron chi connectivity index (χ2n) is 6.62. The summed E-state index contributed by atoms with van der Waals surface area (Å²) in [6.45, 7) is 6.06. The number of aromatic nitrogens is 3. The van der Waals surface area contributed by atoms with Crippen molar-refractivity contribution in [2.75, 3.05) is 19.8 Å². The van der Waals surface area contributed by atoms with Crippen LogP contribution >= 0.6 is 11.8 Å². The molecule has 0 spiro atoms. The highest BCUT2D eigenvalue weighted by atomic mass is 32.2. The number of rotatable bonds is 8. The zero-order valence-corrected chi connectivity index (χ0v) is 16.7. The van der Waals surface area contributed by atoms with Gasteiger partial charge >= 0.3 is 0 Å². The fraction of sp³-hybridized carbons (Fsp3) is 0.500. The van der Waals surface area contributed by atoms with Crippen LogP contribution in [0, 0.1) is 5.82 Å². The van der Waals surface area contributed by atoms with E-state index in [0.717, 1.165) is 17.9 Å². The quantitative estimate of drug-likeness (QED) is 0.683. The van der Waals surface area contributed by atoms with Gasteiger partial charge in [-0.2, -0.15) is 0 Å². The maximum Gasteiger partial charge on any atom is 0.230 e. The normalized spacial score (nSPS) is 13.7. The number of nitrogens with zero attached hydrogens (tertiary/aromatic N) is 3. The smallest absolute Gasteiger partial charge is 0.230 e. The molecule has 0 saturated heterocycles. The van der Waals surface area contributed by atoms with Crippen LogP contribution in [-0.2, 0) is 4.79 Å². The molecule has 0 radical (unpaired) electrons.